The zero-order valence-corrected chi connectivity index (χ0v) is 19.2. The van der Waals surface area contributed by atoms with Crippen LogP contribution in [0.2, 0.25) is 0 Å². The minimum absolute atomic E-state index is 0. The smallest absolute Gasteiger partial charge is 1.00 e. The van der Waals surface area contributed by atoms with Crippen LogP contribution in [-0.2, 0) is 21.7 Å². The summed E-state index contributed by atoms with van der Waals surface area (Å²) in [6.07, 6.45) is 6.41. The molecule has 0 N–H and O–H groups in total. The molecule has 3 rings (SSSR count). The minimum atomic E-state index is 0. The summed E-state index contributed by atoms with van der Waals surface area (Å²) >= 11 is 0. The Labute approximate surface area is 172 Å². The molecule has 23 heavy (non-hydrogen) atoms. The average molecular weight is 421 g/mol. The van der Waals surface area contributed by atoms with Gasteiger partial charge in [0.25, 0.3) is 0 Å². The molecule has 5 heteroatoms. The monoisotopic (exact) mass is 420 g/mol. The van der Waals surface area contributed by atoms with Gasteiger partial charge in [-0.2, -0.15) is 23.1 Å². The molecule has 0 fully saturated rings. The van der Waals surface area contributed by atoms with Gasteiger partial charge in [0.2, 0.25) is 0 Å². The molecule has 2 atom stereocenters. The van der Waals surface area contributed by atoms with Crippen LogP contribution < -0.4 is 24.8 Å². The van der Waals surface area contributed by atoms with Gasteiger partial charge in [0.15, 0.2) is 0 Å². The van der Waals surface area contributed by atoms with Gasteiger partial charge in [0.05, 0.1) is 0 Å². The molecule has 0 bridgehead atoms. The predicted octanol–water partition coefficient (Wildman–Crippen LogP) is 0.168. The van der Waals surface area contributed by atoms with Crippen molar-refractivity contribution in [1.82, 2.24) is 0 Å². The average Bonchev–Trinajstić information content (AvgIpc) is 3.08. The Morgan fingerprint density at radius 1 is 1.00 bits per heavy atom. The van der Waals surface area contributed by atoms with Gasteiger partial charge in [0.1, 0.15) is 0 Å². The van der Waals surface area contributed by atoms with Gasteiger partial charge in [-0.1, -0.05) is 19.9 Å². The van der Waals surface area contributed by atoms with Crippen molar-refractivity contribution in [3.63, 3.8) is 0 Å². The molecule has 0 aromatic heterocycles. The molecule has 1 aliphatic carbocycles. The molecular weight excluding hydrogens is 397 g/mol. The molecule has 0 radical (unpaired) electrons. The Morgan fingerprint density at radius 3 is 2.00 bits per heavy atom. The van der Waals surface area contributed by atoms with Gasteiger partial charge < -0.3 is 24.8 Å². The van der Waals surface area contributed by atoms with Crippen molar-refractivity contribution in [1.29, 1.82) is 0 Å². The van der Waals surface area contributed by atoms with Gasteiger partial charge in [-0.3, -0.25) is 6.08 Å². The van der Waals surface area contributed by atoms with Crippen LogP contribution in [0.5, 0.6) is 0 Å². The number of halogens is 2. The zero-order valence-electron chi connectivity index (χ0n) is 14.1. The van der Waals surface area contributed by atoms with Crippen LogP contribution >= 0.6 is 16.5 Å². The molecule has 0 nitrogen and oxygen atoms in total. The number of hydrogen-bond acceptors (Lipinski definition) is 0. The number of allylic oxidation sites excluding steroid dienone is 4. The molecule has 0 heterocycles. The number of fused-ring (bicyclic) bond motifs is 1. The van der Waals surface area contributed by atoms with Crippen molar-refractivity contribution >= 4 is 27.3 Å². The van der Waals surface area contributed by atoms with Gasteiger partial charge in [-0.15, -0.1) is 52.6 Å². The standard InChI is InChI=1S/C9H7.C7H9.C2H8P2.2ClH.Ti/c1-2-5-9-7-3-6-8(9)4-1;1-6-3-4-7(2)5-6;1-3-4-2;;;/h1-7H;5H,3H2,1-2H3;3-4H,1-2H3;2*1H;/q2*-1;;;;+4/p-2. The van der Waals surface area contributed by atoms with Crippen LogP contribution in [0.15, 0.2) is 59.7 Å². The van der Waals surface area contributed by atoms with E-state index in [1.807, 2.05) is 0 Å². The summed E-state index contributed by atoms with van der Waals surface area (Å²) in [5.41, 5.74) is 2.72. The fourth-order valence-electron chi connectivity index (χ4n) is 1.82. The van der Waals surface area contributed by atoms with Crippen molar-refractivity contribution < 1.29 is 46.5 Å². The maximum absolute atomic E-state index is 3.19. The Kier molecular flexibility index (Phi) is 21.3. The zero-order chi connectivity index (χ0) is 14.8. The number of benzene rings is 1. The van der Waals surface area contributed by atoms with E-state index >= 15 is 0 Å². The molecule has 0 amide bonds. The molecule has 0 aliphatic heterocycles. The van der Waals surface area contributed by atoms with E-state index in [2.05, 4.69) is 81.8 Å². The Balaban J connectivity index is -0.000000262. The van der Waals surface area contributed by atoms with Crippen molar-refractivity contribution in [2.75, 3.05) is 13.3 Å². The summed E-state index contributed by atoms with van der Waals surface area (Å²) in [7, 11) is 2.34. The van der Waals surface area contributed by atoms with E-state index in [0.29, 0.717) is 0 Å². The molecule has 0 spiro atoms. The van der Waals surface area contributed by atoms with E-state index in [4.69, 9.17) is 0 Å². The molecule has 1 aliphatic rings. The van der Waals surface area contributed by atoms with E-state index in [1.165, 1.54) is 38.5 Å². The molecule has 2 aromatic carbocycles. The fraction of sp³-hybridized carbons (Fsp3) is 0.278. The van der Waals surface area contributed by atoms with Crippen molar-refractivity contribution in [3.05, 3.63) is 65.8 Å². The van der Waals surface area contributed by atoms with Crippen molar-refractivity contribution in [3.8, 4) is 0 Å². The number of rotatable bonds is 1. The van der Waals surface area contributed by atoms with Crippen molar-refractivity contribution in [2.24, 2.45) is 0 Å². The second-order valence-corrected chi connectivity index (χ2v) is 8.68. The van der Waals surface area contributed by atoms with Gasteiger partial charge in [-0.05, 0) is 13.3 Å². The first-order chi connectivity index (χ1) is 9.67. The van der Waals surface area contributed by atoms with E-state index in [1.54, 1.807) is 0 Å². The van der Waals surface area contributed by atoms with Crippen LogP contribution in [0.1, 0.15) is 20.3 Å². The molecular formula is C18H24Cl2P2Ti. The van der Waals surface area contributed by atoms with E-state index in [-0.39, 0.29) is 46.5 Å². The third-order valence-corrected chi connectivity index (χ3v) is 4.91. The topological polar surface area (TPSA) is 0 Å². The first-order valence-electron chi connectivity index (χ1n) is 6.86. The second-order valence-electron chi connectivity index (χ2n) is 4.68. The molecule has 0 saturated heterocycles. The van der Waals surface area contributed by atoms with Crippen LogP contribution in [0.4, 0.5) is 0 Å². The summed E-state index contributed by atoms with van der Waals surface area (Å²) in [6.45, 7) is 8.65. The van der Waals surface area contributed by atoms with Gasteiger partial charge >= 0.3 is 21.7 Å². The first kappa shape index (κ1) is 28.3. The maximum atomic E-state index is 3.19. The molecule has 124 valence electrons. The van der Waals surface area contributed by atoms with Crippen molar-refractivity contribution in [2.45, 2.75) is 20.3 Å². The van der Waals surface area contributed by atoms with Crippen LogP contribution in [0.25, 0.3) is 10.8 Å². The largest absolute Gasteiger partial charge is 4.00 e. The third-order valence-electron chi connectivity index (χ3n) is 2.91. The SMILES string of the molecule is CC1=[C-]CC(C)=C1.CPPC.[Cl-].[Cl-].[Ti+4].c1ccc2[cH-]ccc2c1. The van der Waals surface area contributed by atoms with E-state index < -0.39 is 0 Å². The summed E-state index contributed by atoms with van der Waals surface area (Å²) < 4.78 is 0. The Hall–Kier alpha value is 0.464. The summed E-state index contributed by atoms with van der Waals surface area (Å²) in [5.74, 6) is 0. The quantitative estimate of drug-likeness (QED) is 0.350. The second kappa shape index (κ2) is 17.3. The summed E-state index contributed by atoms with van der Waals surface area (Å²) in [6, 6.07) is 14.7. The Morgan fingerprint density at radius 2 is 1.61 bits per heavy atom. The normalized spacial score (nSPS) is 12.2. The minimum Gasteiger partial charge on any atom is -1.00 e. The van der Waals surface area contributed by atoms with E-state index in [0.717, 1.165) is 6.42 Å². The Bertz CT molecular complexity index is 545. The van der Waals surface area contributed by atoms with Crippen LogP contribution in [0, 0.1) is 6.08 Å². The summed E-state index contributed by atoms with van der Waals surface area (Å²) in [5, 5.41) is 2.66. The third kappa shape index (κ3) is 12.5. The van der Waals surface area contributed by atoms with Crippen LogP contribution in [0.3, 0.4) is 0 Å². The fourth-order valence-corrected chi connectivity index (χ4v) is 1.82. The number of hydrogen-bond donors (Lipinski definition) is 0. The van der Waals surface area contributed by atoms with Gasteiger partial charge in [-0.25, -0.2) is 11.6 Å². The van der Waals surface area contributed by atoms with Gasteiger partial charge in [0, 0.05) is 0 Å². The maximum Gasteiger partial charge on any atom is 4.00 e. The molecule has 0 saturated carbocycles. The molecule has 2 unspecified atom stereocenters. The van der Waals surface area contributed by atoms with E-state index in [9.17, 15) is 0 Å². The summed E-state index contributed by atoms with van der Waals surface area (Å²) in [4.78, 5) is 0. The first-order valence-corrected chi connectivity index (χ1v) is 10.9. The predicted molar refractivity (Wildman–Crippen MR) is 98.8 cm³/mol. The van der Waals surface area contributed by atoms with Crippen LogP contribution in [-0.4, -0.2) is 13.3 Å². The molecule has 2 aromatic rings.